The molecule has 1 heterocycles. The van der Waals surface area contributed by atoms with Gasteiger partial charge in [0.25, 0.3) is 10.0 Å². The second kappa shape index (κ2) is 5.62. The van der Waals surface area contributed by atoms with E-state index in [0.29, 0.717) is 17.0 Å². The number of hydrogen-bond donors (Lipinski definition) is 1. The van der Waals surface area contributed by atoms with E-state index in [9.17, 15) is 12.8 Å². The lowest BCUT2D eigenvalue weighted by molar-refractivity contribution is 0.608. The summed E-state index contributed by atoms with van der Waals surface area (Å²) in [5.41, 5.74) is 2.71. The fraction of sp³-hybridized carbons (Fsp3) is 0.118. The van der Waals surface area contributed by atoms with Crippen LogP contribution in [0.15, 0.2) is 58.5 Å². The number of halogens is 1. The average molecular weight is 330 g/mol. The van der Waals surface area contributed by atoms with E-state index < -0.39 is 15.8 Å². The van der Waals surface area contributed by atoms with Crippen molar-refractivity contribution in [3.05, 3.63) is 71.0 Å². The lowest BCUT2D eigenvalue weighted by atomic mass is 10.1. The van der Waals surface area contributed by atoms with Crippen molar-refractivity contribution >= 4 is 26.5 Å². The van der Waals surface area contributed by atoms with Crippen molar-refractivity contribution < 1.29 is 12.8 Å². The summed E-state index contributed by atoms with van der Waals surface area (Å²) in [5, 5.41) is 3.06. The van der Waals surface area contributed by atoms with E-state index in [-0.39, 0.29) is 4.91 Å². The Kier molecular flexibility index (Phi) is 3.77. The summed E-state index contributed by atoms with van der Waals surface area (Å²) in [5.74, 6) is -0.125. The molecule has 0 saturated heterocycles. The zero-order valence-corrected chi connectivity index (χ0v) is 13.5. The number of benzene rings is 2. The van der Waals surface area contributed by atoms with Crippen molar-refractivity contribution in [1.82, 2.24) is 0 Å². The summed E-state index contributed by atoms with van der Waals surface area (Å²) in [6.45, 7) is 3.61. The number of rotatable bonds is 2. The second-order valence-corrected chi connectivity index (χ2v) is 6.86. The minimum atomic E-state index is -3.80. The van der Waals surface area contributed by atoms with Crippen LogP contribution in [0.5, 0.6) is 0 Å². The molecule has 6 heteroatoms. The van der Waals surface area contributed by atoms with Crippen LogP contribution >= 0.6 is 0 Å². The van der Waals surface area contributed by atoms with Crippen LogP contribution in [0, 0.1) is 12.7 Å². The molecule has 0 bridgehead atoms. The number of amidine groups is 1. The lowest BCUT2D eigenvalue weighted by Gasteiger charge is -2.09. The van der Waals surface area contributed by atoms with Gasteiger partial charge in [-0.2, -0.15) is 8.42 Å². The molecule has 0 unspecified atom stereocenters. The van der Waals surface area contributed by atoms with Crippen LogP contribution in [-0.2, 0) is 10.0 Å². The van der Waals surface area contributed by atoms with Gasteiger partial charge in [-0.3, -0.25) is 0 Å². The molecule has 0 amide bonds. The van der Waals surface area contributed by atoms with Crippen LogP contribution in [0.4, 0.5) is 10.1 Å². The molecular formula is C17H15FN2O2S. The molecule has 1 N–H and O–H groups in total. The molecule has 3 rings (SSSR count). The van der Waals surface area contributed by atoms with Crippen LogP contribution in [-0.4, -0.2) is 14.3 Å². The molecule has 0 fully saturated rings. The first kappa shape index (κ1) is 15.4. The van der Waals surface area contributed by atoms with Gasteiger partial charge in [0, 0.05) is 11.3 Å². The van der Waals surface area contributed by atoms with Crippen LogP contribution in [0.3, 0.4) is 0 Å². The summed E-state index contributed by atoms with van der Waals surface area (Å²) in [6, 6.07) is 12.9. The third-order valence-corrected chi connectivity index (χ3v) is 5.15. The number of nitrogens with one attached hydrogen (secondary N) is 1. The molecule has 0 atom stereocenters. The monoisotopic (exact) mass is 330 g/mol. The van der Waals surface area contributed by atoms with Crippen molar-refractivity contribution in [2.24, 2.45) is 4.40 Å². The first-order valence-electron chi connectivity index (χ1n) is 7.03. The molecule has 2 aromatic carbocycles. The lowest BCUT2D eigenvalue weighted by Crippen LogP contribution is -2.12. The minimum Gasteiger partial charge on any atom is -0.339 e. The third kappa shape index (κ3) is 2.90. The molecule has 0 saturated carbocycles. The number of sulfonamides is 1. The topological polar surface area (TPSA) is 58.5 Å². The van der Waals surface area contributed by atoms with E-state index in [1.165, 1.54) is 24.3 Å². The maximum Gasteiger partial charge on any atom is 0.285 e. The van der Waals surface area contributed by atoms with E-state index in [0.717, 1.165) is 11.3 Å². The highest BCUT2D eigenvalue weighted by molar-refractivity contribution is 8.00. The van der Waals surface area contributed by atoms with Crippen LogP contribution in [0.1, 0.15) is 18.1 Å². The molecule has 1 aliphatic heterocycles. The number of nitrogens with zero attached hydrogens (tertiary/aromatic N) is 1. The number of hydrogen-bond acceptors (Lipinski definition) is 3. The first-order valence-corrected chi connectivity index (χ1v) is 8.47. The maximum absolute atomic E-state index is 13.1. The van der Waals surface area contributed by atoms with Crippen molar-refractivity contribution in [1.29, 1.82) is 0 Å². The molecule has 4 nitrogen and oxygen atoms in total. The zero-order valence-electron chi connectivity index (χ0n) is 12.7. The highest BCUT2D eigenvalue weighted by atomic mass is 32.2. The van der Waals surface area contributed by atoms with Gasteiger partial charge in [0.2, 0.25) is 0 Å². The number of para-hydroxylation sites is 1. The molecule has 0 radical (unpaired) electrons. The van der Waals surface area contributed by atoms with Crippen molar-refractivity contribution in [2.75, 3.05) is 5.32 Å². The Morgan fingerprint density at radius 1 is 1.00 bits per heavy atom. The second-order valence-electron chi connectivity index (χ2n) is 5.32. The van der Waals surface area contributed by atoms with Gasteiger partial charge in [-0.15, -0.1) is 4.40 Å². The minimum absolute atomic E-state index is 0.105. The molecule has 118 valence electrons. The number of aryl methyl sites for hydroxylation is 1. The molecule has 23 heavy (non-hydrogen) atoms. The van der Waals surface area contributed by atoms with Crippen molar-refractivity contribution in [2.45, 2.75) is 13.8 Å². The van der Waals surface area contributed by atoms with Gasteiger partial charge in [-0.25, -0.2) is 4.39 Å². The predicted octanol–water partition coefficient (Wildman–Crippen LogP) is 3.72. The SMILES string of the molecule is CC1=C(c2ccc(F)cc2)S(=O)(=O)N=C1Nc1ccccc1C. The van der Waals surface area contributed by atoms with E-state index in [4.69, 9.17) is 0 Å². The Balaban J connectivity index is 2.04. The normalized spacial score (nSPS) is 16.4. The molecule has 0 aliphatic carbocycles. The van der Waals surface area contributed by atoms with E-state index >= 15 is 0 Å². The molecule has 1 aliphatic rings. The van der Waals surface area contributed by atoms with Gasteiger partial charge in [0.15, 0.2) is 0 Å². The average Bonchev–Trinajstić information content (AvgIpc) is 2.72. The van der Waals surface area contributed by atoms with E-state index in [2.05, 4.69) is 9.71 Å². The molecular weight excluding hydrogens is 315 g/mol. The van der Waals surface area contributed by atoms with Crippen LogP contribution in [0.25, 0.3) is 4.91 Å². The Labute approximate surface area is 134 Å². The van der Waals surface area contributed by atoms with E-state index in [1.54, 1.807) is 6.92 Å². The van der Waals surface area contributed by atoms with Gasteiger partial charge in [0.05, 0.1) is 0 Å². The Morgan fingerprint density at radius 2 is 1.65 bits per heavy atom. The Morgan fingerprint density at radius 3 is 2.30 bits per heavy atom. The molecule has 0 aromatic heterocycles. The maximum atomic E-state index is 13.1. The van der Waals surface area contributed by atoms with Gasteiger partial charge in [-0.05, 0) is 43.2 Å². The summed E-state index contributed by atoms with van der Waals surface area (Å²) in [7, 11) is -3.80. The number of anilines is 1. The fourth-order valence-electron chi connectivity index (χ4n) is 2.46. The predicted molar refractivity (Wildman–Crippen MR) is 90.2 cm³/mol. The Bertz CT molecular complexity index is 929. The fourth-order valence-corrected chi connectivity index (χ4v) is 3.89. The summed E-state index contributed by atoms with van der Waals surface area (Å²) >= 11 is 0. The van der Waals surface area contributed by atoms with Gasteiger partial charge >= 0.3 is 0 Å². The summed E-state index contributed by atoms with van der Waals surface area (Å²) in [6.07, 6.45) is 0. The van der Waals surface area contributed by atoms with Gasteiger partial charge in [-0.1, -0.05) is 30.3 Å². The molecule has 0 spiro atoms. The highest BCUT2D eigenvalue weighted by Crippen LogP contribution is 2.33. The standard InChI is InChI=1S/C17H15FN2O2S/c1-11-5-3-4-6-15(11)19-17-12(2)16(23(21,22)20-17)13-7-9-14(18)10-8-13/h3-10H,1-2H3,(H,19,20). The highest BCUT2D eigenvalue weighted by Gasteiger charge is 2.31. The van der Waals surface area contributed by atoms with Crippen LogP contribution in [0.2, 0.25) is 0 Å². The van der Waals surface area contributed by atoms with E-state index in [1.807, 2.05) is 31.2 Å². The quantitative estimate of drug-likeness (QED) is 0.913. The van der Waals surface area contributed by atoms with Gasteiger partial charge < -0.3 is 5.32 Å². The largest absolute Gasteiger partial charge is 0.339 e. The van der Waals surface area contributed by atoms with Gasteiger partial charge in [0.1, 0.15) is 16.6 Å². The van der Waals surface area contributed by atoms with Crippen LogP contribution < -0.4 is 5.32 Å². The first-order chi connectivity index (χ1) is 10.9. The summed E-state index contributed by atoms with van der Waals surface area (Å²) in [4.78, 5) is 0.105. The Hall–Kier alpha value is -2.47. The van der Waals surface area contributed by atoms with Crippen molar-refractivity contribution in [3.63, 3.8) is 0 Å². The smallest absolute Gasteiger partial charge is 0.285 e. The third-order valence-electron chi connectivity index (χ3n) is 3.67. The molecule has 2 aromatic rings. The van der Waals surface area contributed by atoms with Crippen molar-refractivity contribution in [3.8, 4) is 0 Å². The zero-order chi connectivity index (χ0) is 16.6. The summed E-state index contributed by atoms with van der Waals surface area (Å²) < 4.78 is 41.6.